The van der Waals surface area contributed by atoms with E-state index in [2.05, 4.69) is 5.32 Å². The number of carbonyl (C=O) groups excluding carboxylic acids is 2. The van der Waals surface area contributed by atoms with Crippen molar-refractivity contribution >= 4 is 27.5 Å². The molecule has 1 atom stereocenters. The van der Waals surface area contributed by atoms with Crippen molar-refractivity contribution in [3.63, 3.8) is 0 Å². The second-order valence-electron chi connectivity index (χ2n) is 10.8. The van der Waals surface area contributed by atoms with Gasteiger partial charge in [-0.15, -0.1) is 0 Å². The molecule has 0 aliphatic heterocycles. The highest BCUT2D eigenvalue weighted by atomic mass is 32.2. The van der Waals surface area contributed by atoms with Gasteiger partial charge < -0.3 is 15.0 Å². The van der Waals surface area contributed by atoms with Crippen LogP contribution in [0.4, 0.5) is 5.69 Å². The van der Waals surface area contributed by atoms with Crippen LogP contribution in [0.15, 0.2) is 83.8 Å². The summed E-state index contributed by atoms with van der Waals surface area (Å²) in [7, 11) is -2.71. The topological polar surface area (TPSA) is 96.0 Å². The third-order valence-corrected chi connectivity index (χ3v) is 9.52. The molecule has 3 aromatic carbocycles. The zero-order chi connectivity index (χ0) is 30.1. The van der Waals surface area contributed by atoms with E-state index in [0.29, 0.717) is 12.2 Å². The molecule has 224 valence electrons. The molecule has 4 rings (SSSR count). The van der Waals surface area contributed by atoms with Crippen LogP contribution in [0.3, 0.4) is 0 Å². The lowest BCUT2D eigenvalue weighted by atomic mass is 9.95. The molecule has 42 heavy (non-hydrogen) atoms. The van der Waals surface area contributed by atoms with Crippen molar-refractivity contribution in [1.82, 2.24) is 10.2 Å². The number of methoxy groups -OCH3 is 1. The minimum atomic E-state index is -4.17. The predicted octanol–water partition coefficient (Wildman–Crippen LogP) is 5.46. The highest BCUT2D eigenvalue weighted by Crippen LogP contribution is 2.34. The lowest BCUT2D eigenvalue weighted by Crippen LogP contribution is -2.54. The van der Waals surface area contributed by atoms with Crippen LogP contribution < -0.4 is 14.4 Å². The number of hydrogen-bond acceptors (Lipinski definition) is 5. The number of benzene rings is 3. The number of nitrogens with zero attached hydrogens (tertiary/aromatic N) is 2. The van der Waals surface area contributed by atoms with E-state index in [9.17, 15) is 18.0 Å². The lowest BCUT2D eigenvalue weighted by molar-refractivity contribution is -0.140. The molecule has 0 bridgehead atoms. The second kappa shape index (κ2) is 14.4. The van der Waals surface area contributed by atoms with Crippen LogP contribution in [0.25, 0.3) is 0 Å². The molecule has 2 amide bonds. The Hall–Kier alpha value is -3.85. The first kappa shape index (κ1) is 31.1. The molecule has 0 unspecified atom stereocenters. The maximum atomic E-state index is 14.3. The third-order valence-electron chi connectivity index (χ3n) is 7.75. The van der Waals surface area contributed by atoms with Crippen LogP contribution in [-0.4, -0.2) is 50.9 Å². The number of anilines is 1. The van der Waals surface area contributed by atoms with E-state index in [1.807, 2.05) is 50.2 Å². The van der Waals surface area contributed by atoms with Crippen molar-refractivity contribution < 1.29 is 22.7 Å². The van der Waals surface area contributed by atoms with Gasteiger partial charge in [-0.25, -0.2) is 8.42 Å². The summed E-state index contributed by atoms with van der Waals surface area (Å²) in [6, 6.07) is 22.0. The Morgan fingerprint density at radius 3 is 2.21 bits per heavy atom. The first-order valence-corrected chi connectivity index (χ1v) is 16.0. The Morgan fingerprint density at radius 2 is 1.60 bits per heavy atom. The fraction of sp³-hybridized carbons (Fsp3) is 0.394. The molecule has 0 heterocycles. The van der Waals surface area contributed by atoms with E-state index < -0.39 is 28.5 Å². The Kier molecular flexibility index (Phi) is 10.6. The standard InChI is InChI=1S/C33H41N3O5S/c1-4-29(33(38)34-27-16-10-6-11-17-27)35(23-26-14-8-5-9-15-26)32(37)24-36(30-22-25(2)20-21-31(30)41-3)42(39,40)28-18-12-7-13-19-28/h5,7-9,12-15,18-22,27,29H,4,6,10-11,16-17,23-24H2,1-3H3,(H,34,38)/t29-/m1/s1. The number of rotatable bonds is 12. The van der Waals surface area contributed by atoms with E-state index in [1.54, 1.807) is 30.3 Å². The van der Waals surface area contributed by atoms with Crippen molar-refractivity contribution in [3.8, 4) is 5.75 Å². The Balaban J connectivity index is 1.73. The van der Waals surface area contributed by atoms with Gasteiger partial charge >= 0.3 is 0 Å². The molecule has 0 radical (unpaired) electrons. The minimum Gasteiger partial charge on any atom is -0.495 e. The molecule has 1 saturated carbocycles. The summed E-state index contributed by atoms with van der Waals surface area (Å²) in [4.78, 5) is 29.5. The van der Waals surface area contributed by atoms with Gasteiger partial charge in [0.25, 0.3) is 10.0 Å². The van der Waals surface area contributed by atoms with Gasteiger partial charge in [-0.1, -0.05) is 80.8 Å². The van der Waals surface area contributed by atoms with E-state index in [1.165, 1.54) is 24.1 Å². The fourth-order valence-corrected chi connectivity index (χ4v) is 6.91. The number of ether oxygens (including phenoxy) is 1. The summed E-state index contributed by atoms with van der Waals surface area (Å²) in [5, 5.41) is 3.17. The molecule has 9 heteroatoms. The molecule has 1 aliphatic carbocycles. The van der Waals surface area contributed by atoms with Crippen molar-refractivity contribution in [1.29, 1.82) is 0 Å². The highest BCUT2D eigenvalue weighted by Gasteiger charge is 2.35. The maximum absolute atomic E-state index is 14.3. The molecule has 0 spiro atoms. The Bertz CT molecular complexity index is 1440. The monoisotopic (exact) mass is 591 g/mol. The average molecular weight is 592 g/mol. The largest absolute Gasteiger partial charge is 0.495 e. The molecule has 1 N–H and O–H groups in total. The van der Waals surface area contributed by atoms with Gasteiger partial charge in [0.15, 0.2) is 0 Å². The first-order valence-electron chi connectivity index (χ1n) is 14.6. The van der Waals surface area contributed by atoms with Gasteiger partial charge in [-0.3, -0.25) is 13.9 Å². The first-order chi connectivity index (χ1) is 20.2. The van der Waals surface area contributed by atoms with Crippen LogP contribution in [0.5, 0.6) is 5.75 Å². The average Bonchev–Trinajstić information content (AvgIpc) is 3.01. The third kappa shape index (κ3) is 7.50. The summed E-state index contributed by atoms with van der Waals surface area (Å²) >= 11 is 0. The molecule has 1 fully saturated rings. The number of aryl methyl sites for hydroxylation is 1. The van der Waals surface area contributed by atoms with E-state index >= 15 is 0 Å². The maximum Gasteiger partial charge on any atom is 0.264 e. The summed E-state index contributed by atoms with van der Waals surface area (Å²) in [5.41, 5.74) is 1.92. The number of hydrogen-bond donors (Lipinski definition) is 1. The normalized spacial score (nSPS) is 14.5. The van der Waals surface area contributed by atoms with Crippen molar-refractivity contribution in [2.24, 2.45) is 0 Å². The Labute approximate surface area is 249 Å². The van der Waals surface area contributed by atoms with Gasteiger partial charge in [0.1, 0.15) is 18.3 Å². The molecule has 8 nitrogen and oxygen atoms in total. The van der Waals surface area contributed by atoms with Crippen LogP contribution >= 0.6 is 0 Å². The summed E-state index contributed by atoms with van der Waals surface area (Å²) < 4.78 is 34.8. The van der Waals surface area contributed by atoms with E-state index in [-0.39, 0.29) is 29.1 Å². The SMILES string of the molecule is CC[C@H](C(=O)NC1CCCCC1)N(Cc1ccccc1)C(=O)CN(c1cc(C)ccc1OC)S(=O)(=O)c1ccccc1. The number of carbonyl (C=O) groups is 2. The van der Waals surface area contributed by atoms with Gasteiger partial charge in [0.05, 0.1) is 17.7 Å². The molecule has 0 saturated heterocycles. The smallest absolute Gasteiger partial charge is 0.264 e. The molecule has 1 aliphatic rings. The second-order valence-corrected chi connectivity index (χ2v) is 12.6. The molecular weight excluding hydrogens is 550 g/mol. The zero-order valence-electron chi connectivity index (χ0n) is 24.7. The predicted molar refractivity (Wildman–Crippen MR) is 165 cm³/mol. The van der Waals surface area contributed by atoms with Gasteiger partial charge in [-0.2, -0.15) is 0 Å². The van der Waals surface area contributed by atoms with Crippen LogP contribution in [0.2, 0.25) is 0 Å². The molecule has 3 aromatic rings. The summed E-state index contributed by atoms with van der Waals surface area (Å²) in [6.07, 6.45) is 5.53. The number of sulfonamides is 1. The van der Waals surface area contributed by atoms with Crippen molar-refractivity contribution in [2.45, 2.75) is 75.9 Å². The van der Waals surface area contributed by atoms with Gasteiger partial charge in [0, 0.05) is 12.6 Å². The number of nitrogens with one attached hydrogen (secondary N) is 1. The quantitative estimate of drug-likeness (QED) is 0.302. The van der Waals surface area contributed by atoms with E-state index in [0.717, 1.165) is 47.5 Å². The summed E-state index contributed by atoms with van der Waals surface area (Å²) in [5.74, 6) is -0.364. The minimum absolute atomic E-state index is 0.0538. The zero-order valence-corrected chi connectivity index (χ0v) is 25.5. The van der Waals surface area contributed by atoms with Crippen molar-refractivity contribution in [3.05, 3.63) is 90.0 Å². The lowest BCUT2D eigenvalue weighted by Gasteiger charge is -2.34. The van der Waals surface area contributed by atoms with Gasteiger partial charge in [-0.05, 0) is 61.6 Å². The van der Waals surface area contributed by atoms with Crippen LogP contribution in [0.1, 0.15) is 56.6 Å². The highest BCUT2D eigenvalue weighted by molar-refractivity contribution is 7.92. The van der Waals surface area contributed by atoms with Crippen LogP contribution in [-0.2, 0) is 26.2 Å². The molecule has 0 aromatic heterocycles. The molecular formula is C33H41N3O5S. The Morgan fingerprint density at radius 1 is 0.952 bits per heavy atom. The van der Waals surface area contributed by atoms with Gasteiger partial charge in [0.2, 0.25) is 11.8 Å². The fourth-order valence-electron chi connectivity index (χ4n) is 5.47. The summed E-state index contributed by atoms with van der Waals surface area (Å²) in [6.45, 7) is 3.39. The number of amides is 2. The van der Waals surface area contributed by atoms with E-state index in [4.69, 9.17) is 4.74 Å². The van der Waals surface area contributed by atoms with Crippen molar-refractivity contribution in [2.75, 3.05) is 18.0 Å². The van der Waals surface area contributed by atoms with Crippen LogP contribution in [0, 0.1) is 6.92 Å².